The Balaban J connectivity index is 2.42. The highest BCUT2D eigenvalue weighted by molar-refractivity contribution is 5.39. The van der Waals surface area contributed by atoms with Crippen molar-refractivity contribution in [1.29, 1.82) is 0 Å². The second-order valence-corrected chi connectivity index (χ2v) is 5.27. The van der Waals surface area contributed by atoms with Crippen LogP contribution < -0.4 is 5.73 Å². The Hall–Kier alpha value is -0.820. The molecule has 1 aliphatic carbocycles. The van der Waals surface area contributed by atoms with Gasteiger partial charge in [-0.15, -0.1) is 0 Å². The standard InChI is InChI=1S/C15H23N/c1-12-6-5-7-14(13(12)2)15(10-11-16)8-3-4-9-15/h5-7H,3-4,8-11,16H2,1-2H3. The van der Waals surface area contributed by atoms with E-state index in [0.29, 0.717) is 5.41 Å². The monoisotopic (exact) mass is 217 g/mol. The van der Waals surface area contributed by atoms with E-state index in [0.717, 1.165) is 13.0 Å². The van der Waals surface area contributed by atoms with Crippen LogP contribution in [0.2, 0.25) is 0 Å². The van der Waals surface area contributed by atoms with E-state index >= 15 is 0 Å². The van der Waals surface area contributed by atoms with Crippen molar-refractivity contribution in [2.45, 2.75) is 51.4 Å². The molecular weight excluding hydrogens is 194 g/mol. The highest BCUT2D eigenvalue weighted by Gasteiger charge is 2.35. The Morgan fingerprint density at radius 3 is 2.50 bits per heavy atom. The molecule has 0 unspecified atom stereocenters. The van der Waals surface area contributed by atoms with E-state index < -0.39 is 0 Å². The highest BCUT2D eigenvalue weighted by atomic mass is 14.6. The third kappa shape index (κ3) is 1.89. The van der Waals surface area contributed by atoms with Gasteiger partial charge in [0.25, 0.3) is 0 Å². The van der Waals surface area contributed by atoms with Crippen LogP contribution in [0.4, 0.5) is 0 Å². The van der Waals surface area contributed by atoms with Gasteiger partial charge in [-0.2, -0.15) is 0 Å². The van der Waals surface area contributed by atoms with E-state index in [1.807, 2.05) is 0 Å². The van der Waals surface area contributed by atoms with E-state index in [2.05, 4.69) is 32.0 Å². The lowest BCUT2D eigenvalue weighted by molar-refractivity contribution is 0.409. The average molecular weight is 217 g/mol. The summed E-state index contributed by atoms with van der Waals surface area (Å²) in [6.45, 7) is 5.29. The van der Waals surface area contributed by atoms with E-state index in [-0.39, 0.29) is 0 Å². The van der Waals surface area contributed by atoms with Crippen LogP contribution in [0.3, 0.4) is 0 Å². The van der Waals surface area contributed by atoms with Gasteiger partial charge >= 0.3 is 0 Å². The summed E-state index contributed by atoms with van der Waals surface area (Å²) >= 11 is 0. The fraction of sp³-hybridized carbons (Fsp3) is 0.600. The molecule has 1 aliphatic rings. The predicted octanol–water partition coefficient (Wildman–Crippen LogP) is 3.46. The maximum Gasteiger partial charge on any atom is -0.00323 e. The molecule has 16 heavy (non-hydrogen) atoms. The van der Waals surface area contributed by atoms with E-state index in [9.17, 15) is 0 Å². The van der Waals surface area contributed by atoms with Gasteiger partial charge in [0.05, 0.1) is 0 Å². The number of aryl methyl sites for hydroxylation is 1. The summed E-state index contributed by atoms with van der Waals surface area (Å²) in [6, 6.07) is 6.74. The molecule has 2 rings (SSSR count). The molecule has 0 bridgehead atoms. The summed E-state index contributed by atoms with van der Waals surface area (Å²) < 4.78 is 0. The molecule has 1 aromatic carbocycles. The van der Waals surface area contributed by atoms with Crippen LogP contribution in [-0.2, 0) is 5.41 Å². The summed E-state index contributed by atoms with van der Waals surface area (Å²) in [7, 11) is 0. The van der Waals surface area contributed by atoms with Crippen molar-refractivity contribution in [3.05, 3.63) is 34.9 Å². The SMILES string of the molecule is Cc1cccc(C2(CCN)CCCC2)c1C. The van der Waals surface area contributed by atoms with Crippen molar-refractivity contribution in [3.8, 4) is 0 Å². The first-order valence-electron chi connectivity index (χ1n) is 6.46. The Bertz CT molecular complexity index is 362. The van der Waals surface area contributed by atoms with Crippen LogP contribution in [0.5, 0.6) is 0 Å². The molecule has 1 heteroatoms. The maximum atomic E-state index is 5.82. The van der Waals surface area contributed by atoms with Crippen LogP contribution in [0.15, 0.2) is 18.2 Å². The molecule has 0 atom stereocenters. The van der Waals surface area contributed by atoms with Crippen molar-refractivity contribution in [2.24, 2.45) is 5.73 Å². The quantitative estimate of drug-likeness (QED) is 0.824. The Morgan fingerprint density at radius 2 is 1.88 bits per heavy atom. The topological polar surface area (TPSA) is 26.0 Å². The van der Waals surface area contributed by atoms with Crippen molar-refractivity contribution in [2.75, 3.05) is 6.54 Å². The summed E-state index contributed by atoms with van der Waals surface area (Å²) in [5, 5.41) is 0. The molecule has 1 saturated carbocycles. The number of benzene rings is 1. The third-order valence-corrected chi connectivity index (χ3v) is 4.36. The summed E-state index contributed by atoms with van der Waals surface area (Å²) in [4.78, 5) is 0. The Morgan fingerprint density at radius 1 is 1.19 bits per heavy atom. The van der Waals surface area contributed by atoms with Gasteiger partial charge in [0.2, 0.25) is 0 Å². The number of rotatable bonds is 3. The lowest BCUT2D eigenvalue weighted by Gasteiger charge is -2.31. The summed E-state index contributed by atoms with van der Waals surface area (Å²) in [6.07, 6.45) is 6.54. The Labute approximate surface area is 99.0 Å². The van der Waals surface area contributed by atoms with Crippen LogP contribution in [-0.4, -0.2) is 6.54 Å². The van der Waals surface area contributed by atoms with Gasteiger partial charge in [0, 0.05) is 0 Å². The Kier molecular flexibility index (Phi) is 3.34. The van der Waals surface area contributed by atoms with Crippen LogP contribution in [0.1, 0.15) is 48.8 Å². The first-order valence-corrected chi connectivity index (χ1v) is 6.46. The molecule has 0 aromatic heterocycles. The fourth-order valence-electron chi connectivity index (χ4n) is 3.31. The van der Waals surface area contributed by atoms with Crippen LogP contribution >= 0.6 is 0 Å². The number of hydrogen-bond donors (Lipinski definition) is 1. The smallest absolute Gasteiger partial charge is 0.00323 e. The molecule has 1 fully saturated rings. The molecule has 1 aromatic rings. The molecule has 0 heterocycles. The van der Waals surface area contributed by atoms with Crippen molar-refractivity contribution >= 4 is 0 Å². The normalized spacial score (nSPS) is 18.9. The second kappa shape index (κ2) is 4.58. The largest absolute Gasteiger partial charge is 0.330 e. The first kappa shape index (κ1) is 11.7. The minimum absolute atomic E-state index is 0.394. The van der Waals surface area contributed by atoms with Gasteiger partial charge in [0.15, 0.2) is 0 Å². The maximum absolute atomic E-state index is 5.82. The molecule has 0 amide bonds. The molecule has 88 valence electrons. The van der Waals surface area contributed by atoms with E-state index in [4.69, 9.17) is 5.73 Å². The minimum atomic E-state index is 0.394. The lowest BCUT2D eigenvalue weighted by atomic mass is 9.74. The average Bonchev–Trinajstić information content (AvgIpc) is 2.72. The van der Waals surface area contributed by atoms with Crippen LogP contribution in [0, 0.1) is 13.8 Å². The lowest BCUT2D eigenvalue weighted by Crippen LogP contribution is -2.27. The summed E-state index contributed by atoms with van der Waals surface area (Å²) in [5.41, 5.74) is 10.7. The third-order valence-electron chi connectivity index (χ3n) is 4.36. The molecule has 0 radical (unpaired) electrons. The molecule has 0 spiro atoms. The van der Waals surface area contributed by atoms with Gasteiger partial charge in [0.1, 0.15) is 0 Å². The molecule has 1 nitrogen and oxygen atoms in total. The second-order valence-electron chi connectivity index (χ2n) is 5.27. The summed E-state index contributed by atoms with van der Waals surface area (Å²) in [5.74, 6) is 0. The van der Waals surface area contributed by atoms with Crippen molar-refractivity contribution in [3.63, 3.8) is 0 Å². The zero-order valence-corrected chi connectivity index (χ0v) is 10.6. The van der Waals surface area contributed by atoms with Crippen molar-refractivity contribution in [1.82, 2.24) is 0 Å². The van der Waals surface area contributed by atoms with E-state index in [1.54, 1.807) is 5.56 Å². The zero-order chi connectivity index (χ0) is 11.6. The predicted molar refractivity (Wildman–Crippen MR) is 69.7 cm³/mol. The van der Waals surface area contributed by atoms with Gasteiger partial charge in [-0.3, -0.25) is 0 Å². The zero-order valence-electron chi connectivity index (χ0n) is 10.6. The van der Waals surface area contributed by atoms with Gasteiger partial charge in [-0.25, -0.2) is 0 Å². The molecule has 2 N–H and O–H groups in total. The first-order chi connectivity index (χ1) is 7.69. The van der Waals surface area contributed by atoms with Gasteiger partial charge in [-0.05, 0) is 61.8 Å². The minimum Gasteiger partial charge on any atom is -0.330 e. The van der Waals surface area contributed by atoms with Crippen molar-refractivity contribution < 1.29 is 0 Å². The van der Waals surface area contributed by atoms with Gasteiger partial charge < -0.3 is 5.73 Å². The van der Waals surface area contributed by atoms with E-state index in [1.165, 1.54) is 36.8 Å². The molecule has 0 aliphatic heterocycles. The van der Waals surface area contributed by atoms with Crippen LogP contribution in [0.25, 0.3) is 0 Å². The number of nitrogens with two attached hydrogens (primary N) is 1. The molecular formula is C15H23N. The highest BCUT2D eigenvalue weighted by Crippen LogP contribution is 2.45. The van der Waals surface area contributed by atoms with Gasteiger partial charge in [-0.1, -0.05) is 31.0 Å². The fourth-order valence-corrected chi connectivity index (χ4v) is 3.31. The number of hydrogen-bond acceptors (Lipinski definition) is 1. The molecule has 0 saturated heterocycles.